The number of hydrogen-bond acceptors (Lipinski definition) is 1. The van der Waals surface area contributed by atoms with E-state index in [1.54, 1.807) is 0 Å². The third-order valence-corrected chi connectivity index (χ3v) is 5.46. The monoisotopic (exact) mass is 347 g/mol. The van der Waals surface area contributed by atoms with E-state index in [0.717, 1.165) is 30.1 Å². The summed E-state index contributed by atoms with van der Waals surface area (Å²) in [5.41, 5.74) is 9.08. The molecule has 0 aromatic heterocycles. The molecular weight excluding hydrogens is 326 g/mol. The minimum Gasteiger partial charge on any atom is -0.313 e. The van der Waals surface area contributed by atoms with Gasteiger partial charge in [0.25, 0.3) is 0 Å². The minimum atomic E-state index is 0.802. The van der Waals surface area contributed by atoms with Crippen LogP contribution in [0.3, 0.4) is 0 Å². The molecule has 0 fully saturated rings. The predicted octanol–water partition coefficient (Wildman–Crippen LogP) is 6.02. The first-order valence-corrected chi connectivity index (χ1v) is 9.29. The van der Waals surface area contributed by atoms with Crippen molar-refractivity contribution in [2.24, 2.45) is 0 Å². The van der Waals surface area contributed by atoms with E-state index in [2.05, 4.69) is 54.7 Å². The van der Waals surface area contributed by atoms with Crippen LogP contribution in [0.1, 0.15) is 23.1 Å². The molecule has 3 aromatic rings. The van der Waals surface area contributed by atoms with Gasteiger partial charge in [-0.05, 0) is 65.8 Å². The van der Waals surface area contributed by atoms with Gasteiger partial charge >= 0.3 is 0 Å². The largest absolute Gasteiger partial charge is 0.313 e. The first-order valence-electron chi connectivity index (χ1n) is 8.91. The molecule has 0 amide bonds. The highest BCUT2D eigenvalue weighted by atomic mass is 35.5. The molecule has 126 valence electrons. The van der Waals surface area contributed by atoms with E-state index in [1.807, 2.05) is 18.2 Å². The van der Waals surface area contributed by atoms with Gasteiger partial charge in [0.05, 0.1) is 0 Å². The molecule has 3 aromatic carbocycles. The Morgan fingerprint density at radius 3 is 2.52 bits per heavy atom. The van der Waals surface area contributed by atoms with Crippen molar-refractivity contribution in [1.29, 1.82) is 0 Å². The lowest BCUT2D eigenvalue weighted by Crippen LogP contribution is -2.11. The SMILES string of the molecule is Cc1c(-c2ccc3c(c2)CCCNC3)cccc1-c1ccccc1Cl. The molecular formula is C23H22ClN. The van der Waals surface area contributed by atoms with Crippen LogP contribution in [0.4, 0.5) is 0 Å². The third-order valence-electron chi connectivity index (χ3n) is 5.13. The summed E-state index contributed by atoms with van der Waals surface area (Å²) in [5.74, 6) is 0. The van der Waals surface area contributed by atoms with E-state index in [0.29, 0.717) is 0 Å². The highest BCUT2D eigenvalue weighted by Crippen LogP contribution is 2.35. The van der Waals surface area contributed by atoms with E-state index in [1.165, 1.54) is 39.8 Å². The molecule has 0 aliphatic carbocycles. The van der Waals surface area contributed by atoms with Gasteiger partial charge in [-0.15, -0.1) is 0 Å². The summed E-state index contributed by atoms with van der Waals surface area (Å²) >= 11 is 6.44. The van der Waals surface area contributed by atoms with Crippen molar-refractivity contribution in [1.82, 2.24) is 5.32 Å². The molecule has 0 bridgehead atoms. The Kier molecular flexibility index (Phi) is 4.61. The minimum absolute atomic E-state index is 0.802. The van der Waals surface area contributed by atoms with E-state index < -0.39 is 0 Å². The van der Waals surface area contributed by atoms with Gasteiger partial charge in [0.2, 0.25) is 0 Å². The van der Waals surface area contributed by atoms with Crippen molar-refractivity contribution in [2.45, 2.75) is 26.3 Å². The van der Waals surface area contributed by atoms with Crippen LogP contribution in [0, 0.1) is 6.92 Å². The summed E-state index contributed by atoms with van der Waals surface area (Å²) in [6.45, 7) is 4.28. The molecule has 1 N–H and O–H groups in total. The standard InChI is InChI=1S/C23H22ClN/c1-16-20(8-4-9-21(16)22-7-2-3-10-23(22)24)18-11-12-19-15-25-13-5-6-17(19)14-18/h2-4,7-12,14,25H,5-6,13,15H2,1H3. The van der Waals surface area contributed by atoms with Gasteiger partial charge in [-0.1, -0.05) is 66.2 Å². The Labute approximate surface area is 154 Å². The van der Waals surface area contributed by atoms with Gasteiger partial charge < -0.3 is 5.32 Å². The number of nitrogens with one attached hydrogen (secondary N) is 1. The van der Waals surface area contributed by atoms with Gasteiger partial charge in [-0.25, -0.2) is 0 Å². The summed E-state index contributed by atoms with van der Waals surface area (Å²) in [6, 6.07) is 21.5. The number of fused-ring (bicyclic) bond motifs is 1. The predicted molar refractivity (Wildman–Crippen MR) is 107 cm³/mol. The number of halogens is 1. The molecule has 25 heavy (non-hydrogen) atoms. The number of rotatable bonds is 2. The van der Waals surface area contributed by atoms with Crippen LogP contribution in [-0.2, 0) is 13.0 Å². The number of hydrogen-bond donors (Lipinski definition) is 1. The maximum absolute atomic E-state index is 6.44. The van der Waals surface area contributed by atoms with Gasteiger partial charge in [0.1, 0.15) is 0 Å². The summed E-state index contributed by atoms with van der Waals surface area (Å²) in [5, 5.41) is 4.30. The van der Waals surface area contributed by atoms with Gasteiger partial charge in [-0.2, -0.15) is 0 Å². The van der Waals surface area contributed by atoms with Crippen LogP contribution < -0.4 is 5.32 Å². The van der Waals surface area contributed by atoms with Crippen molar-refractivity contribution in [2.75, 3.05) is 6.54 Å². The average Bonchev–Trinajstić information content (AvgIpc) is 2.87. The molecule has 1 heterocycles. The molecule has 0 unspecified atom stereocenters. The second-order valence-electron chi connectivity index (χ2n) is 6.72. The molecule has 0 radical (unpaired) electrons. The normalized spacial score (nSPS) is 14.0. The molecule has 2 heteroatoms. The highest BCUT2D eigenvalue weighted by molar-refractivity contribution is 6.33. The number of benzene rings is 3. The molecule has 0 saturated carbocycles. The lowest BCUT2D eigenvalue weighted by molar-refractivity contribution is 0.681. The zero-order chi connectivity index (χ0) is 17.2. The molecule has 0 spiro atoms. The average molecular weight is 348 g/mol. The Balaban J connectivity index is 1.81. The lowest BCUT2D eigenvalue weighted by atomic mass is 9.90. The molecule has 0 saturated heterocycles. The van der Waals surface area contributed by atoms with Crippen molar-refractivity contribution < 1.29 is 0 Å². The lowest BCUT2D eigenvalue weighted by Gasteiger charge is -2.15. The second kappa shape index (κ2) is 7.03. The number of aryl methyl sites for hydroxylation is 1. The van der Waals surface area contributed by atoms with Crippen LogP contribution in [0.25, 0.3) is 22.3 Å². The quantitative estimate of drug-likeness (QED) is 0.597. The third kappa shape index (κ3) is 3.22. The van der Waals surface area contributed by atoms with Gasteiger partial charge in [-0.3, -0.25) is 0 Å². The van der Waals surface area contributed by atoms with E-state index >= 15 is 0 Å². The molecule has 1 aliphatic rings. The summed E-state index contributed by atoms with van der Waals surface area (Å²) in [4.78, 5) is 0. The van der Waals surface area contributed by atoms with Gasteiger partial charge in [0.15, 0.2) is 0 Å². The summed E-state index contributed by atoms with van der Waals surface area (Å²) in [6.07, 6.45) is 2.36. The fourth-order valence-electron chi connectivity index (χ4n) is 3.75. The Hall–Kier alpha value is -2.09. The Morgan fingerprint density at radius 2 is 1.64 bits per heavy atom. The van der Waals surface area contributed by atoms with Gasteiger partial charge in [0, 0.05) is 17.1 Å². The zero-order valence-corrected chi connectivity index (χ0v) is 15.2. The summed E-state index contributed by atoms with van der Waals surface area (Å²) < 4.78 is 0. The van der Waals surface area contributed by atoms with E-state index in [4.69, 9.17) is 11.6 Å². The zero-order valence-electron chi connectivity index (χ0n) is 14.5. The molecule has 4 rings (SSSR count). The molecule has 0 atom stereocenters. The van der Waals surface area contributed by atoms with Crippen LogP contribution in [0.15, 0.2) is 60.7 Å². The highest BCUT2D eigenvalue weighted by Gasteiger charge is 2.13. The van der Waals surface area contributed by atoms with E-state index in [-0.39, 0.29) is 0 Å². The Morgan fingerprint density at radius 1 is 0.840 bits per heavy atom. The topological polar surface area (TPSA) is 12.0 Å². The Bertz CT molecular complexity index is 914. The maximum Gasteiger partial charge on any atom is 0.0484 e. The van der Waals surface area contributed by atoms with Crippen LogP contribution in [0.2, 0.25) is 5.02 Å². The fourth-order valence-corrected chi connectivity index (χ4v) is 3.98. The van der Waals surface area contributed by atoms with Crippen molar-refractivity contribution in [3.8, 4) is 22.3 Å². The van der Waals surface area contributed by atoms with Crippen LogP contribution in [-0.4, -0.2) is 6.54 Å². The smallest absolute Gasteiger partial charge is 0.0484 e. The van der Waals surface area contributed by atoms with Crippen LogP contribution in [0.5, 0.6) is 0 Å². The second-order valence-corrected chi connectivity index (χ2v) is 7.13. The first kappa shape index (κ1) is 16.4. The molecule has 1 nitrogen and oxygen atoms in total. The first-order chi connectivity index (χ1) is 12.2. The molecule has 1 aliphatic heterocycles. The van der Waals surface area contributed by atoms with Crippen molar-refractivity contribution in [3.63, 3.8) is 0 Å². The fraction of sp³-hybridized carbons (Fsp3) is 0.217. The van der Waals surface area contributed by atoms with Crippen molar-refractivity contribution >= 4 is 11.6 Å². The van der Waals surface area contributed by atoms with Crippen molar-refractivity contribution in [3.05, 3.63) is 82.4 Å². The maximum atomic E-state index is 6.44. The van der Waals surface area contributed by atoms with E-state index in [9.17, 15) is 0 Å². The summed E-state index contributed by atoms with van der Waals surface area (Å²) in [7, 11) is 0. The van der Waals surface area contributed by atoms with Crippen LogP contribution >= 0.6 is 11.6 Å².